The van der Waals surface area contributed by atoms with Crippen LogP contribution < -0.4 is 11.1 Å². The lowest BCUT2D eigenvalue weighted by Crippen LogP contribution is -2.48. The summed E-state index contributed by atoms with van der Waals surface area (Å²) in [6.45, 7) is 7.84. The van der Waals surface area contributed by atoms with E-state index in [9.17, 15) is 4.79 Å². The molecule has 1 rings (SSSR count). The van der Waals surface area contributed by atoms with E-state index in [0.717, 1.165) is 32.5 Å². The zero-order valence-electron chi connectivity index (χ0n) is 11.2. The molecule has 4 nitrogen and oxygen atoms in total. The lowest BCUT2D eigenvalue weighted by atomic mass is 9.92. The highest BCUT2D eigenvalue weighted by atomic mass is 16.5. The van der Waals surface area contributed by atoms with Crippen LogP contribution in [0.15, 0.2) is 0 Å². The minimum absolute atomic E-state index is 0.0160. The maximum Gasteiger partial charge on any atom is 0.237 e. The molecule has 0 aromatic carbocycles. The third-order valence-corrected chi connectivity index (χ3v) is 3.41. The molecule has 2 atom stereocenters. The molecule has 0 bridgehead atoms. The van der Waals surface area contributed by atoms with E-state index in [1.807, 2.05) is 0 Å². The number of carbonyl (C=O) groups is 1. The number of nitrogens with two attached hydrogens (primary N) is 1. The second-order valence-corrected chi connectivity index (χ2v) is 5.48. The van der Waals surface area contributed by atoms with Crippen LogP contribution in [0.4, 0.5) is 0 Å². The van der Waals surface area contributed by atoms with Crippen molar-refractivity contribution in [3.05, 3.63) is 0 Å². The first-order valence-corrected chi connectivity index (χ1v) is 6.64. The van der Waals surface area contributed by atoms with E-state index in [0.29, 0.717) is 11.8 Å². The third-order valence-electron chi connectivity index (χ3n) is 3.41. The van der Waals surface area contributed by atoms with Crippen molar-refractivity contribution in [1.29, 1.82) is 0 Å². The van der Waals surface area contributed by atoms with Gasteiger partial charge in [0.05, 0.1) is 6.04 Å². The van der Waals surface area contributed by atoms with Crippen LogP contribution >= 0.6 is 0 Å². The lowest BCUT2D eigenvalue weighted by molar-refractivity contribution is -0.123. The number of hydrogen-bond acceptors (Lipinski definition) is 3. The van der Waals surface area contributed by atoms with Gasteiger partial charge in [0.15, 0.2) is 0 Å². The largest absolute Gasteiger partial charge is 0.381 e. The molecule has 1 heterocycles. The van der Waals surface area contributed by atoms with Gasteiger partial charge < -0.3 is 15.8 Å². The summed E-state index contributed by atoms with van der Waals surface area (Å²) in [4.78, 5) is 11.9. The molecule has 3 N–H and O–H groups in total. The molecule has 0 aliphatic carbocycles. The predicted octanol–water partition coefficient (Wildman–Crippen LogP) is 1.29. The predicted molar refractivity (Wildman–Crippen MR) is 68.6 cm³/mol. The Morgan fingerprint density at radius 3 is 2.47 bits per heavy atom. The van der Waals surface area contributed by atoms with Crippen LogP contribution in [-0.2, 0) is 9.53 Å². The Kier molecular flexibility index (Phi) is 5.92. The highest BCUT2D eigenvalue weighted by Crippen LogP contribution is 2.18. The number of carbonyl (C=O) groups excluding carboxylic acids is 1. The first-order valence-electron chi connectivity index (χ1n) is 6.64. The fourth-order valence-electron chi connectivity index (χ4n) is 2.28. The van der Waals surface area contributed by atoms with Gasteiger partial charge in [-0.3, -0.25) is 4.79 Å². The Balaban J connectivity index is 2.33. The zero-order chi connectivity index (χ0) is 12.8. The summed E-state index contributed by atoms with van der Waals surface area (Å²) in [5.41, 5.74) is 5.86. The van der Waals surface area contributed by atoms with E-state index in [1.54, 1.807) is 0 Å². The van der Waals surface area contributed by atoms with Gasteiger partial charge in [0, 0.05) is 19.3 Å². The maximum absolute atomic E-state index is 11.9. The second kappa shape index (κ2) is 6.97. The summed E-state index contributed by atoms with van der Waals surface area (Å²) < 4.78 is 5.32. The maximum atomic E-state index is 11.9. The van der Waals surface area contributed by atoms with Crippen LogP contribution in [-0.4, -0.2) is 31.2 Å². The van der Waals surface area contributed by atoms with E-state index >= 15 is 0 Å². The number of amides is 1. The minimum Gasteiger partial charge on any atom is -0.381 e. The number of hydrogen-bond donors (Lipinski definition) is 2. The topological polar surface area (TPSA) is 64.4 Å². The SMILES string of the molecule is CC(C)C[C@@H](N)C(=O)NC(C)C1CCOCC1. The van der Waals surface area contributed by atoms with Gasteiger partial charge in [-0.05, 0) is 38.0 Å². The van der Waals surface area contributed by atoms with Crippen LogP contribution in [0.1, 0.15) is 40.0 Å². The van der Waals surface area contributed by atoms with Crippen LogP contribution in [0.2, 0.25) is 0 Å². The fourth-order valence-corrected chi connectivity index (χ4v) is 2.28. The van der Waals surface area contributed by atoms with E-state index in [1.165, 1.54) is 0 Å². The van der Waals surface area contributed by atoms with Gasteiger partial charge in [-0.2, -0.15) is 0 Å². The zero-order valence-corrected chi connectivity index (χ0v) is 11.2. The number of nitrogens with one attached hydrogen (secondary N) is 1. The molecule has 1 aliphatic rings. The first-order chi connectivity index (χ1) is 8.00. The molecule has 1 fully saturated rings. The molecular weight excluding hydrogens is 216 g/mol. The van der Waals surface area contributed by atoms with Crippen molar-refractivity contribution in [1.82, 2.24) is 5.32 Å². The standard InChI is InChI=1S/C13H26N2O2/c1-9(2)8-12(14)13(16)15-10(3)11-4-6-17-7-5-11/h9-12H,4-8,14H2,1-3H3,(H,15,16)/t10?,12-/m1/s1. The van der Waals surface area contributed by atoms with Crippen molar-refractivity contribution in [3.8, 4) is 0 Å². The molecule has 0 aromatic rings. The molecule has 1 unspecified atom stereocenters. The third kappa shape index (κ3) is 5.04. The van der Waals surface area contributed by atoms with Gasteiger partial charge in [-0.25, -0.2) is 0 Å². The molecular formula is C13H26N2O2. The summed E-state index contributed by atoms with van der Waals surface area (Å²) in [7, 11) is 0. The molecule has 1 aliphatic heterocycles. The Bertz CT molecular complexity index is 238. The van der Waals surface area contributed by atoms with E-state index in [2.05, 4.69) is 26.1 Å². The van der Waals surface area contributed by atoms with Crippen molar-refractivity contribution in [2.75, 3.05) is 13.2 Å². The summed E-state index contributed by atoms with van der Waals surface area (Å²) in [5.74, 6) is 0.964. The smallest absolute Gasteiger partial charge is 0.237 e. The molecule has 0 saturated carbocycles. The van der Waals surface area contributed by atoms with Gasteiger partial charge in [0.2, 0.25) is 5.91 Å². The van der Waals surface area contributed by atoms with E-state index in [4.69, 9.17) is 10.5 Å². The first kappa shape index (κ1) is 14.5. The minimum atomic E-state index is -0.378. The van der Waals surface area contributed by atoms with Crippen molar-refractivity contribution in [2.45, 2.75) is 52.1 Å². The second-order valence-electron chi connectivity index (χ2n) is 5.48. The van der Waals surface area contributed by atoms with Gasteiger partial charge in [-0.1, -0.05) is 13.8 Å². The molecule has 4 heteroatoms. The molecule has 0 aromatic heterocycles. The van der Waals surface area contributed by atoms with Crippen molar-refractivity contribution < 1.29 is 9.53 Å². The quantitative estimate of drug-likeness (QED) is 0.763. The molecule has 0 radical (unpaired) electrons. The molecule has 0 spiro atoms. The van der Waals surface area contributed by atoms with Crippen molar-refractivity contribution >= 4 is 5.91 Å². The Hall–Kier alpha value is -0.610. The molecule has 100 valence electrons. The van der Waals surface area contributed by atoms with Crippen LogP contribution in [0.25, 0.3) is 0 Å². The van der Waals surface area contributed by atoms with Gasteiger partial charge in [0.1, 0.15) is 0 Å². The lowest BCUT2D eigenvalue weighted by Gasteiger charge is -2.29. The van der Waals surface area contributed by atoms with Gasteiger partial charge in [-0.15, -0.1) is 0 Å². The van der Waals surface area contributed by atoms with Crippen molar-refractivity contribution in [3.63, 3.8) is 0 Å². The number of rotatable bonds is 5. The van der Waals surface area contributed by atoms with Crippen LogP contribution in [0, 0.1) is 11.8 Å². The van der Waals surface area contributed by atoms with Gasteiger partial charge >= 0.3 is 0 Å². The Morgan fingerprint density at radius 2 is 1.94 bits per heavy atom. The summed E-state index contributed by atoms with van der Waals surface area (Å²) in [6.07, 6.45) is 2.80. The van der Waals surface area contributed by atoms with Gasteiger partial charge in [0.25, 0.3) is 0 Å². The van der Waals surface area contributed by atoms with Crippen molar-refractivity contribution in [2.24, 2.45) is 17.6 Å². The fraction of sp³-hybridized carbons (Fsp3) is 0.923. The normalized spacial score (nSPS) is 21.2. The Morgan fingerprint density at radius 1 is 1.35 bits per heavy atom. The molecule has 1 saturated heterocycles. The molecule has 17 heavy (non-hydrogen) atoms. The van der Waals surface area contributed by atoms with E-state index in [-0.39, 0.29) is 18.0 Å². The summed E-state index contributed by atoms with van der Waals surface area (Å²) in [5, 5.41) is 3.04. The average molecular weight is 242 g/mol. The molecule has 1 amide bonds. The monoisotopic (exact) mass is 242 g/mol. The van der Waals surface area contributed by atoms with E-state index < -0.39 is 0 Å². The number of ether oxygens (including phenoxy) is 1. The van der Waals surface area contributed by atoms with Crippen LogP contribution in [0.5, 0.6) is 0 Å². The summed E-state index contributed by atoms with van der Waals surface area (Å²) in [6, 6.07) is -0.179. The average Bonchev–Trinajstić information content (AvgIpc) is 2.29. The van der Waals surface area contributed by atoms with Crippen LogP contribution in [0.3, 0.4) is 0 Å². The highest BCUT2D eigenvalue weighted by Gasteiger charge is 2.24. The summed E-state index contributed by atoms with van der Waals surface area (Å²) >= 11 is 0. The Labute approximate surface area is 104 Å². The highest BCUT2D eigenvalue weighted by molar-refractivity contribution is 5.81.